The van der Waals surface area contributed by atoms with E-state index in [0.29, 0.717) is 103 Å². The minimum absolute atomic E-state index is 0.0112. The summed E-state index contributed by atoms with van der Waals surface area (Å²) in [6.07, 6.45) is 43.2. The van der Waals surface area contributed by atoms with Crippen molar-refractivity contribution in [2.24, 2.45) is 0 Å². The molecule has 0 N–H and O–H groups in total. The Hall–Kier alpha value is -6.95. The molecule has 0 rings (SSSR count). The van der Waals surface area contributed by atoms with E-state index in [4.69, 9.17) is 61.6 Å². The lowest BCUT2D eigenvalue weighted by atomic mass is 10.1. The van der Waals surface area contributed by atoms with Crippen LogP contribution in [0.2, 0.25) is 0 Å². The molecular weight excluding hydrogens is 1810 g/mol. The molecule has 0 saturated heterocycles. The maximum atomic E-state index is 13.7. The van der Waals surface area contributed by atoms with E-state index in [0.717, 1.165) is 251 Å². The van der Waals surface area contributed by atoms with Crippen LogP contribution >= 0.6 is 11.8 Å². The fraction of sp³-hybridized carbons (Fsp3) is 0.873. The summed E-state index contributed by atoms with van der Waals surface area (Å²) in [6.45, 7) is 14.7. The molecule has 140 heavy (non-hydrogen) atoms. The number of thioether (sulfide) groups is 1. The van der Waals surface area contributed by atoms with Crippen molar-refractivity contribution in [1.82, 2.24) is 9.80 Å². The molecule has 2 atom stereocenters. The lowest BCUT2D eigenvalue weighted by molar-refractivity contribution is -0.167. The fourth-order valence-corrected chi connectivity index (χ4v) is 16.9. The van der Waals surface area contributed by atoms with E-state index >= 15 is 0 Å². The predicted octanol–water partition coefficient (Wildman–Crippen LogP) is 24.1. The molecule has 0 aliphatic carbocycles. The summed E-state index contributed by atoms with van der Waals surface area (Å²) in [5.74, 6) is -6.36. The first-order valence-corrected chi connectivity index (χ1v) is 56.4. The zero-order chi connectivity index (χ0) is 103. The molecule has 0 aromatic carbocycles. The van der Waals surface area contributed by atoms with Gasteiger partial charge in [-0.25, -0.2) is 0 Å². The molecule has 0 heterocycles. The van der Waals surface area contributed by atoms with Crippen molar-refractivity contribution in [2.75, 3.05) is 93.6 Å². The van der Waals surface area contributed by atoms with Crippen molar-refractivity contribution in [3.63, 3.8) is 0 Å². The maximum absolute atomic E-state index is 13.7. The molecule has 0 spiro atoms. The molecule has 30 heteroatoms. The monoisotopic (exact) mass is 2010 g/mol. The first-order valence-electron chi connectivity index (χ1n) is 55.5. The van der Waals surface area contributed by atoms with Gasteiger partial charge in [0.1, 0.15) is 59.0 Å². The summed E-state index contributed by atoms with van der Waals surface area (Å²) in [4.78, 5) is 188. The molecule has 0 amide bonds. The van der Waals surface area contributed by atoms with Crippen molar-refractivity contribution < 1.29 is 129 Å². The number of carbonyl (C=O) groups excluding carboxylic acids is 14. The molecule has 814 valence electrons. The largest absolute Gasteiger partial charge is 0.462 e. The van der Waals surface area contributed by atoms with Crippen LogP contribution in [-0.4, -0.2) is 222 Å². The van der Waals surface area contributed by atoms with Crippen LogP contribution in [-0.2, 0) is 129 Å². The quantitative estimate of drug-likeness (QED) is 0.0310. The highest BCUT2D eigenvalue weighted by molar-refractivity contribution is 8.14. The molecule has 0 aliphatic heterocycles. The maximum Gasteiger partial charge on any atom is 0.306 e. The highest BCUT2D eigenvalue weighted by Crippen LogP contribution is 2.28. The number of nitrogens with zero attached hydrogens (tertiary/aromatic N) is 2. The highest BCUT2D eigenvalue weighted by Gasteiger charge is 2.28. The molecule has 0 fully saturated rings. The summed E-state index contributed by atoms with van der Waals surface area (Å²) in [6, 6.07) is 0. The lowest BCUT2D eigenvalue weighted by Gasteiger charge is -2.21. The van der Waals surface area contributed by atoms with E-state index in [-0.39, 0.29) is 172 Å². The molecule has 0 radical (unpaired) electrons. The summed E-state index contributed by atoms with van der Waals surface area (Å²) in [7, 11) is 5.86. The normalized spacial score (nSPS) is 11.8. The molecule has 0 aromatic rings. The Balaban J connectivity index is 6.09. The Kier molecular flexibility index (Phi) is 92.0. The Morgan fingerprint density at radius 2 is 0.364 bits per heavy atom. The summed E-state index contributed by atoms with van der Waals surface area (Å²) in [5.41, 5.74) is 0. The van der Waals surface area contributed by atoms with E-state index < -0.39 is 108 Å². The van der Waals surface area contributed by atoms with Gasteiger partial charge in [0.25, 0.3) is 0 Å². The van der Waals surface area contributed by atoms with Crippen LogP contribution in [0.15, 0.2) is 0 Å². The van der Waals surface area contributed by atoms with Gasteiger partial charge in [0.2, 0.25) is 0 Å². The number of hydrogen-bond acceptors (Lipinski definition) is 30. The summed E-state index contributed by atoms with van der Waals surface area (Å²) < 4.78 is 73.8. The Bertz CT molecular complexity index is 2980. The van der Waals surface area contributed by atoms with Crippen LogP contribution in [0, 0.1) is 0 Å². The second kappa shape index (κ2) is 96.8. The number of esters is 13. The highest BCUT2D eigenvalue weighted by atomic mass is 32.2. The third-order valence-electron chi connectivity index (χ3n) is 24.3. The smallest absolute Gasteiger partial charge is 0.306 e. The molecule has 0 aliphatic rings. The van der Waals surface area contributed by atoms with Crippen LogP contribution in [0.1, 0.15) is 492 Å². The van der Waals surface area contributed by atoms with Crippen LogP contribution in [0.3, 0.4) is 0 Å². The van der Waals surface area contributed by atoms with Gasteiger partial charge in [-0.2, -0.15) is 0 Å². The van der Waals surface area contributed by atoms with E-state index in [1.165, 1.54) is 11.8 Å². The van der Waals surface area contributed by atoms with Crippen molar-refractivity contribution in [1.29, 1.82) is 0 Å². The van der Waals surface area contributed by atoms with Gasteiger partial charge in [-0.15, -0.1) is 0 Å². The minimum Gasteiger partial charge on any atom is -0.462 e. The van der Waals surface area contributed by atoms with Gasteiger partial charge in [0.15, 0.2) is 29.5 Å². The van der Waals surface area contributed by atoms with E-state index in [9.17, 15) is 67.1 Å². The molecule has 0 saturated carbocycles. The fourth-order valence-electron chi connectivity index (χ4n) is 15.7. The second-order valence-electron chi connectivity index (χ2n) is 38.5. The van der Waals surface area contributed by atoms with Crippen LogP contribution < -0.4 is 0 Å². The first-order chi connectivity index (χ1) is 67.8. The molecule has 0 bridgehead atoms. The van der Waals surface area contributed by atoms with Gasteiger partial charge in [-0.05, 0) is 163 Å². The van der Waals surface area contributed by atoms with Crippen LogP contribution in [0.4, 0.5) is 0 Å². The number of carbonyl (C=O) groups is 14. The molecular formula is C110H196N2O27S. The Morgan fingerprint density at radius 1 is 0.186 bits per heavy atom. The zero-order valence-corrected chi connectivity index (χ0v) is 90.2. The first kappa shape index (κ1) is 133. The number of hydrogen-bond donors (Lipinski definition) is 0. The third-order valence-corrected chi connectivity index (χ3v) is 25.6. The van der Waals surface area contributed by atoms with Gasteiger partial charge < -0.3 is 71.4 Å². The van der Waals surface area contributed by atoms with Crippen molar-refractivity contribution in [3.8, 4) is 0 Å². The van der Waals surface area contributed by atoms with Crippen molar-refractivity contribution in [2.45, 2.75) is 527 Å². The lowest BCUT2D eigenvalue weighted by Crippen LogP contribution is -2.31. The SMILES string of the molecule is CCCCCCCCC(=O)OCC(COC(=O)CCCCCCCC)OC(=O)CCCC(CCCC(=O)OC(COC(=O)CCCCCCCC)COC(=O)CCCCCCCC)OC(=O)CCCN(C)CCCCCCCCC(=O)OCC(COC(=O)CCCCCCC)OC(=O)CCCC(CCCC(=O)OC(COC(=O)CCCCCCC)COC(=O)CCCCCCC)SC(=O)CCCN(C)C. The zero-order valence-electron chi connectivity index (χ0n) is 89.4. The van der Waals surface area contributed by atoms with E-state index in [1.54, 1.807) is 0 Å². The Labute approximate surface area is 849 Å². The van der Waals surface area contributed by atoms with E-state index in [1.807, 2.05) is 26.0 Å². The second-order valence-corrected chi connectivity index (χ2v) is 39.8. The average Bonchev–Trinajstić information content (AvgIpc) is 0.935. The van der Waals surface area contributed by atoms with Crippen LogP contribution in [0.25, 0.3) is 0 Å². The van der Waals surface area contributed by atoms with E-state index in [2.05, 4.69) is 53.4 Å². The van der Waals surface area contributed by atoms with Gasteiger partial charge in [-0.1, -0.05) is 291 Å². The van der Waals surface area contributed by atoms with Gasteiger partial charge in [-0.3, -0.25) is 67.1 Å². The minimum atomic E-state index is -1.06. The third kappa shape index (κ3) is 89.9. The number of unbranched alkanes of at least 4 members (excludes halogenated alkanes) is 37. The molecule has 0 aromatic heterocycles. The molecule has 2 unspecified atom stereocenters. The summed E-state index contributed by atoms with van der Waals surface area (Å²) in [5, 5.41) is -0.274. The number of rotatable bonds is 101. The van der Waals surface area contributed by atoms with Crippen molar-refractivity contribution >= 4 is 94.5 Å². The number of ether oxygens (including phenoxy) is 13. The van der Waals surface area contributed by atoms with Crippen molar-refractivity contribution in [3.05, 3.63) is 0 Å². The predicted molar refractivity (Wildman–Crippen MR) is 548 cm³/mol. The standard InChI is InChI=1S/C110H196N2O27S/c1-11-18-25-32-41-50-69-100(116)130-83-92(84-131-101(117)70-51-42-33-26-19-12-2)136-105(121)74-56-62-91(63-57-75-106(122)137-93(85-132-102(118)71-52-43-34-27-20-13-3)86-133-103(119)72-53-44-35-28-21-14-4)135-109(125)78-60-82-112(10)81-55-46-37-36-45-54-73-104(120)134-90-95(89-129-99(115)68-49-40-31-24-17-7)139-108(124)77-59-65-96(140-110(126)79-61-80-111(8)9)64-58-76-107(123)138-94(87-127-97(113)66-47-38-29-22-15-5)88-128-98(114)67-48-39-30-23-16-6/h91-96H,11-90H2,1-10H3. The van der Waals surface area contributed by atoms with Gasteiger partial charge in [0.05, 0.1) is 0 Å². The van der Waals surface area contributed by atoms with Gasteiger partial charge >= 0.3 is 77.6 Å². The summed E-state index contributed by atoms with van der Waals surface area (Å²) >= 11 is 1.19. The topological polar surface area (TPSA) is 365 Å². The van der Waals surface area contributed by atoms with Gasteiger partial charge in [0, 0.05) is 95.1 Å². The van der Waals surface area contributed by atoms with Crippen LogP contribution in [0.5, 0.6) is 0 Å². The average molecular weight is 2010 g/mol. The molecule has 29 nitrogen and oxygen atoms in total. The Morgan fingerprint density at radius 3 is 0.593 bits per heavy atom.